The second-order valence-electron chi connectivity index (χ2n) is 8.59. The number of hydrogen-bond acceptors (Lipinski definition) is 7. The van der Waals surface area contributed by atoms with Gasteiger partial charge in [0.05, 0.1) is 18.7 Å². The third-order valence-corrected chi connectivity index (χ3v) is 5.71. The second kappa shape index (κ2) is 8.77. The van der Waals surface area contributed by atoms with E-state index < -0.39 is 17.4 Å². The molecule has 180 valence electrons. The van der Waals surface area contributed by atoms with Crippen molar-refractivity contribution in [1.29, 1.82) is 0 Å². The Hall–Kier alpha value is -3.37. The molecule has 1 atom stereocenters. The van der Waals surface area contributed by atoms with Gasteiger partial charge in [-0.1, -0.05) is 0 Å². The van der Waals surface area contributed by atoms with Crippen LogP contribution < -0.4 is 4.74 Å². The molecule has 3 aromatic heterocycles. The van der Waals surface area contributed by atoms with Gasteiger partial charge in [-0.15, -0.1) is 10.2 Å². The van der Waals surface area contributed by atoms with Crippen molar-refractivity contribution in [1.82, 2.24) is 29.7 Å². The summed E-state index contributed by atoms with van der Waals surface area (Å²) < 4.78 is 52.6. The lowest BCUT2D eigenvalue weighted by atomic mass is 9.90. The Morgan fingerprint density at radius 3 is 2.53 bits per heavy atom. The number of rotatable bonds is 9. The minimum absolute atomic E-state index is 0.0574. The Balaban J connectivity index is 1.69. The van der Waals surface area contributed by atoms with Crippen molar-refractivity contribution in [2.75, 3.05) is 6.61 Å². The highest BCUT2D eigenvalue weighted by molar-refractivity contribution is 5.95. The molecular formula is C23H25F3N6O2. The van der Waals surface area contributed by atoms with E-state index >= 15 is 13.2 Å². The molecule has 0 amide bonds. The molecule has 3 aromatic rings. The van der Waals surface area contributed by atoms with Crippen molar-refractivity contribution in [2.24, 2.45) is 7.05 Å². The van der Waals surface area contributed by atoms with Gasteiger partial charge in [-0.3, -0.25) is 4.79 Å². The SMILES string of the molecule is CCOc1cc([C@@](C)(F)C(F)(F)c2nncn2C)cc(CC(=O)c2cc(C)nc(C3CC3)n2)n1. The van der Waals surface area contributed by atoms with Crippen LogP contribution in [0.5, 0.6) is 5.88 Å². The Morgan fingerprint density at radius 1 is 1.18 bits per heavy atom. The van der Waals surface area contributed by atoms with E-state index in [4.69, 9.17) is 4.74 Å². The third-order valence-electron chi connectivity index (χ3n) is 5.71. The van der Waals surface area contributed by atoms with Crippen LogP contribution >= 0.6 is 0 Å². The molecule has 0 aliphatic heterocycles. The lowest BCUT2D eigenvalue weighted by Gasteiger charge is -2.30. The number of halogens is 3. The molecular weight excluding hydrogens is 449 g/mol. The quantitative estimate of drug-likeness (QED) is 0.433. The van der Waals surface area contributed by atoms with Gasteiger partial charge >= 0.3 is 5.92 Å². The molecule has 0 saturated heterocycles. The maximum Gasteiger partial charge on any atom is 0.343 e. The summed E-state index contributed by atoms with van der Waals surface area (Å²) in [4.78, 5) is 26.0. The number of aromatic nitrogens is 6. The minimum atomic E-state index is -4.02. The van der Waals surface area contributed by atoms with Crippen molar-refractivity contribution >= 4 is 5.78 Å². The number of carbonyl (C=O) groups is 1. The molecule has 1 aliphatic rings. The van der Waals surface area contributed by atoms with E-state index in [-0.39, 0.29) is 47.6 Å². The summed E-state index contributed by atoms with van der Waals surface area (Å²) >= 11 is 0. The summed E-state index contributed by atoms with van der Waals surface area (Å²) in [6, 6.07) is 3.84. The Labute approximate surface area is 194 Å². The molecule has 11 heteroatoms. The normalized spacial score (nSPS) is 15.7. The number of hydrogen-bond donors (Lipinski definition) is 0. The summed E-state index contributed by atoms with van der Waals surface area (Å²) in [7, 11) is 1.31. The molecule has 0 N–H and O–H groups in total. The zero-order valence-corrected chi connectivity index (χ0v) is 19.3. The zero-order valence-electron chi connectivity index (χ0n) is 19.3. The van der Waals surface area contributed by atoms with Crippen LogP contribution in [0.4, 0.5) is 13.2 Å². The van der Waals surface area contributed by atoms with Gasteiger partial charge in [-0.2, -0.15) is 8.78 Å². The maximum absolute atomic E-state index is 15.8. The van der Waals surface area contributed by atoms with Crippen LogP contribution in [0.25, 0.3) is 0 Å². The van der Waals surface area contributed by atoms with Crippen molar-refractivity contribution in [3.05, 3.63) is 58.8 Å². The number of alkyl halides is 3. The van der Waals surface area contributed by atoms with Gasteiger partial charge in [0.2, 0.25) is 17.4 Å². The number of aryl methyl sites for hydroxylation is 2. The molecule has 0 aromatic carbocycles. The lowest BCUT2D eigenvalue weighted by Crippen LogP contribution is -2.39. The van der Waals surface area contributed by atoms with Crippen LogP contribution in [0, 0.1) is 6.92 Å². The van der Waals surface area contributed by atoms with Gasteiger partial charge in [0, 0.05) is 30.3 Å². The van der Waals surface area contributed by atoms with Crippen LogP contribution in [0.15, 0.2) is 24.5 Å². The Bertz CT molecular complexity index is 1220. The van der Waals surface area contributed by atoms with Crippen LogP contribution in [0.2, 0.25) is 0 Å². The van der Waals surface area contributed by atoms with Crippen LogP contribution in [0.1, 0.15) is 71.7 Å². The summed E-state index contributed by atoms with van der Waals surface area (Å²) in [6.07, 6.45) is 2.77. The van der Waals surface area contributed by atoms with E-state index in [1.807, 2.05) is 0 Å². The smallest absolute Gasteiger partial charge is 0.343 e. The van der Waals surface area contributed by atoms with Crippen molar-refractivity contribution in [2.45, 2.75) is 57.5 Å². The fourth-order valence-electron chi connectivity index (χ4n) is 3.62. The van der Waals surface area contributed by atoms with Gasteiger partial charge in [0.1, 0.15) is 17.8 Å². The third kappa shape index (κ3) is 4.51. The number of pyridine rings is 1. The molecule has 0 radical (unpaired) electrons. The van der Waals surface area contributed by atoms with E-state index in [1.165, 1.54) is 7.05 Å². The van der Waals surface area contributed by atoms with Gasteiger partial charge in [0.15, 0.2) is 5.78 Å². The monoisotopic (exact) mass is 474 g/mol. The zero-order chi connectivity index (χ0) is 24.7. The first-order valence-corrected chi connectivity index (χ1v) is 11.0. The van der Waals surface area contributed by atoms with E-state index in [0.717, 1.165) is 42.8 Å². The molecule has 1 aliphatic carbocycles. The first-order valence-electron chi connectivity index (χ1n) is 11.0. The van der Waals surface area contributed by atoms with Crippen molar-refractivity contribution in [3.8, 4) is 5.88 Å². The van der Waals surface area contributed by atoms with Gasteiger partial charge in [-0.05, 0) is 45.7 Å². The highest BCUT2D eigenvalue weighted by Crippen LogP contribution is 2.48. The molecule has 0 bridgehead atoms. The molecule has 1 fully saturated rings. The molecule has 4 rings (SSSR count). The summed E-state index contributed by atoms with van der Waals surface area (Å²) in [5.74, 6) is -4.40. The van der Waals surface area contributed by atoms with E-state index in [9.17, 15) is 4.79 Å². The second-order valence-corrected chi connectivity index (χ2v) is 8.59. The predicted octanol–water partition coefficient (Wildman–Crippen LogP) is 3.99. The molecule has 0 unspecified atom stereocenters. The molecule has 0 spiro atoms. The number of nitrogens with zero attached hydrogens (tertiary/aromatic N) is 6. The van der Waals surface area contributed by atoms with E-state index in [1.54, 1.807) is 19.9 Å². The number of Topliss-reactive ketones (excluding diaryl/α,β-unsaturated/α-hetero) is 1. The van der Waals surface area contributed by atoms with Gasteiger partial charge in [-0.25, -0.2) is 19.3 Å². The first-order chi connectivity index (χ1) is 16.0. The lowest BCUT2D eigenvalue weighted by molar-refractivity contribution is -0.149. The fourth-order valence-corrected chi connectivity index (χ4v) is 3.62. The molecule has 34 heavy (non-hydrogen) atoms. The maximum atomic E-state index is 15.8. The summed E-state index contributed by atoms with van der Waals surface area (Å²) in [5, 5.41) is 6.83. The first kappa shape index (κ1) is 23.8. The Morgan fingerprint density at radius 2 is 1.91 bits per heavy atom. The van der Waals surface area contributed by atoms with Crippen LogP contribution in [0.3, 0.4) is 0 Å². The fraction of sp³-hybridized carbons (Fsp3) is 0.478. The topological polar surface area (TPSA) is 95.7 Å². The standard InChI is InChI=1S/C23H25F3N6O2/c1-5-34-19-10-15(22(3,24)23(25,26)21-31-27-12-32(21)4)9-16(29-19)11-18(33)17-8-13(2)28-20(30-17)14-6-7-14/h8-10,12,14H,5-7,11H2,1-4H3/t22-/m1/s1. The van der Waals surface area contributed by atoms with Gasteiger partial charge < -0.3 is 9.30 Å². The molecule has 3 heterocycles. The molecule has 1 saturated carbocycles. The van der Waals surface area contributed by atoms with Gasteiger partial charge in [0.25, 0.3) is 0 Å². The van der Waals surface area contributed by atoms with E-state index in [0.29, 0.717) is 11.5 Å². The number of ether oxygens (including phenoxy) is 1. The van der Waals surface area contributed by atoms with Crippen LogP contribution in [-0.4, -0.2) is 42.1 Å². The average Bonchev–Trinajstić information content (AvgIpc) is 3.53. The van der Waals surface area contributed by atoms with Crippen molar-refractivity contribution < 1.29 is 22.7 Å². The largest absolute Gasteiger partial charge is 0.478 e. The predicted molar refractivity (Wildman–Crippen MR) is 116 cm³/mol. The average molecular weight is 474 g/mol. The number of ketones is 1. The molecule has 8 nitrogen and oxygen atoms in total. The Kier molecular flexibility index (Phi) is 6.13. The van der Waals surface area contributed by atoms with Crippen molar-refractivity contribution in [3.63, 3.8) is 0 Å². The number of carbonyl (C=O) groups excluding carboxylic acids is 1. The minimum Gasteiger partial charge on any atom is -0.478 e. The highest BCUT2D eigenvalue weighted by Gasteiger charge is 2.57. The van der Waals surface area contributed by atoms with Crippen LogP contribution in [-0.2, 0) is 25.1 Å². The van der Waals surface area contributed by atoms with E-state index in [2.05, 4.69) is 25.1 Å². The summed E-state index contributed by atoms with van der Waals surface area (Å²) in [5.41, 5.74) is -2.61. The highest BCUT2D eigenvalue weighted by atomic mass is 19.3. The summed E-state index contributed by atoms with van der Waals surface area (Å²) in [6.45, 7) is 4.40.